The van der Waals surface area contributed by atoms with Gasteiger partial charge in [-0.25, -0.2) is 0 Å². The first-order valence-corrected chi connectivity index (χ1v) is 7.96. The number of hydrogen-bond acceptors (Lipinski definition) is 3. The van der Waals surface area contributed by atoms with E-state index in [4.69, 9.17) is 11.6 Å². The van der Waals surface area contributed by atoms with Crippen molar-refractivity contribution < 1.29 is 4.79 Å². The van der Waals surface area contributed by atoms with Crippen molar-refractivity contribution in [2.75, 3.05) is 24.2 Å². The minimum absolute atomic E-state index is 0.0200. The van der Waals surface area contributed by atoms with E-state index in [2.05, 4.69) is 10.6 Å². The molecule has 0 saturated carbocycles. The van der Waals surface area contributed by atoms with Crippen LogP contribution in [0.2, 0.25) is 5.02 Å². The molecule has 1 aromatic rings. The van der Waals surface area contributed by atoms with Gasteiger partial charge < -0.3 is 10.6 Å². The molecule has 1 atom stereocenters. The van der Waals surface area contributed by atoms with Crippen LogP contribution in [0.25, 0.3) is 0 Å². The Morgan fingerprint density at radius 3 is 3.11 bits per heavy atom. The van der Waals surface area contributed by atoms with Crippen molar-refractivity contribution in [2.45, 2.75) is 25.0 Å². The van der Waals surface area contributed by atoms with Gasteiger partial charge in [-0.2, -0.15) is 11.8 Å². The molecule has 0 aromatic heterocycles. The first kappa shape index (κ1) is 14.7. The molecule has 2 N–H and O–H groups in total. The lowest BCUT2D eigenvalue weighted by atomic mass is 10.2. The van der Waals surface area contributed by atoms with Crippen LogP contribution < -0.4 is 10.6 Å². The number of nitrogens with one attached hydrogen (secondary N) is 2. The number of benzene rings is 1. The Kier molecular flexibility index (Phi) is 5.55. The fourth-order valence-corrected chi connectivity index (χ4v) is 3.48. The first-order chi connectivity index (χ1) is 9.15. The van der Waals surface area contributed by atoms with E-state index in [1.54, 1.807) is 6.07 Å². The Morgan fingerprint density at radius 1 is 1.53 bits per heavy atom. The number of aryl methyl sites for hydroxylation is 1. The van der Waals surface area contributed by atoms with E-state index in [9.17, 15) is 4.79 Å². The summed E-state index contributed by atoms with van der Waals surface area (Å²) in [6.07, 6.45) is 2.55. The quantitative estimate of drug-likeness (QED) is 0.878. The maximum absolute atomic E-state index is 11.8. The van der Waals surface area contributed by atoms with E-state index in [0.717, 1.165) is 17.8 Å². The number of hydrogen-bond donors (Lipinski definition) is 2. The number of rotatable bonds is 5. The largest absolute Gasteiger partial charge is 0.325 e. The summed E-state index contributed by atoms with van der Waals surface area (Å²) in [6.45, 7) is 3.21. The normalized spacial score (nSPS) is 18.5. The van der Waals surface area contributed by atoms with Crippen LogP contribution in [0.3, 0.4) is 0 Å². The van der Waals surface area contributed by atoms with Gasteiger partial charge >= 0.3 is 0 Å². The Morgan fingerprint density at radius 2 is 2.37 bits per heavy atom. The lowest BCUT2D eigenvalue weighted by Crippen LogP contribution is -2.32. The summed E-state index contributed by atoms with van der Waals surface area (Å²) in [5.41, 5.74) is 1.80. The van der Waals surface area contributed by atoms with Gasteiger partial charge in [0, 0.05) is 22.5 Å². The number of carbonyl (C=O) groups is 1. The molecule has 19 heavy (non-hydrogen) atoms. The molecule has 1 saturated heterocycles. The van der Waals surface area contributed by atoms with Gasteiger partial charge in [-0.3, -0.25) is 4.79 Å². The van der Waals surface area contributed by atoms with Crippen LogP contribution in [-0.2, 0) is 4.79 Å². The van der Waals surface area contributed by atoms with Crippen LogP contribution in [0, 0.1) is 6.92 Å². The van der Waals surface area contributed by atoms with Crippen LogP contribution in [0.4, 0.5) is 5.69 Å². The maximum atomic E-state index is 11.8. The lowest BCUT2D eigenvalue weighted by Gasteiger charge is -2.11. The zero-order chi connectivity index (χ0) is 13.7. The zero-order valence-electron chi connectivity index (χ0n) is 11.0. The molecule has 0 radical (unpaired) electrons. The molecule has 1 aliphatic rings. The number of carbonyl (C=O) groups excluding carboxylic acids is 1. The molecule has 1 heterocycles. The van der Waals surface area contributed by atoms with E-state index in [1.165, 1.54) is 18.6 Å². The average molecular weight is 299 g/mol. The van der Waals surface area contributed by atoms with Crippen LogP contribution in [0.5, 0.6) is 0 Å². The fraction of sp³-hybridized carbons (Fsp3) is 0.500. The third-order valence-corrected chi connectivity index (χ3v) is 4.79. The summed E-state index contributed by atoms with van der Waals surface area (Å²) in [4.78, 5) is 11.8. The standard InChI is InChI=1S/C14H19ClN2OS/c1-10-4-5-11(15)7-13(10)17-14(18)9-16-8-12-3-2-6-19-12/h4-5,7,12,16H,2-3,6,8-9H2,1H3,(H,17,18). The molecule has 1 aromatic carbocycles. The van der Waals surface area contributed by atoms with Crippen molar-refractivity contribution in [2.24, 2.45) is 0 Å². The van der Waals surface area contributed by atoms with Gasteiger partial charge in [0.05, 0.1) is 6.54 Å². The molecule has 104 valence electrons. The van der Waals surface area contributed by atoms with Crippen molar-refractivity contribution in [1.29, 1.82) is 0 Å². The third-order valence-electron chi connectivity index (χ3n) is 3.16. The first-order valence-electron chi connectivity index (χ1n) is 6.53. The fourth-order valence-electron chi connectivity index (χ4n) is 2.08. The predicted molar refractivity (Wildman–Crippen MR) is 83.2 cm³/mol. The summed E-state index contributed by atoms with van der Waals surface area (Å²) in [5, 5.41) is 7.40. The Balaban J connectivity index is 1.75. The van der Waals surface area contributed by atoms with E-state index in [-0.39, 0.29) is 5.91 Å². The van der Waals surface area contributed by atoms with E-state index in [0.29, 0.717) is 16.8 Å². The summed E-state index contributed by atoms with van der Waals surface area (Å²) < 4.78 is 0. The maximum Gasteiger partial charge on any atom is 0.238 e. The molecule has 1 unspecified atom stereocenters. The summed E-state index contributed by atoms with van der Waals surface area (Å²) in [5.74, 6) is 1.23. The number of anilines is 1. The average Bonchev–Trinajstić information content (AvgIpc) is 2.87. The van der Waals surface area contributed by atoms with Crippen molar-refractivity contribution >= 4 is 35.0 Å². The highest BCUT2D eigenvalue weighted by molar-refractivity contribution is 8.00. The van der Waals surface area contributed by atoms with Gasteiger partial charge in [-0.05, 0) is 43.2 Å². The summed E-state index contributed by atoms with van der Waals surface area (Å²) in [6, 6.07) is 5.50. The predicted octanol–water partition coefficient (Wildman–Crippen LogP) is 3.07. The van der Waals surface area contributed by atoms with Gasteiger partial charge in [0.1, 0.15) is 0 Å². The summed E-state index contributed by atoms with van der Waals surface area (Å²) in [7, 11) is 0. The molecule has 0 spiro atoms. The molecule has 0 aliphatic carbocycles. The topological polar surface area (TPSA) is 41.1 Å². The van der Waals surface area contributed by atoms with E-state index < -0.39 is 0 Å². The second-order valence-corrected chi connectivity index (χ2v) is 6.62. The number of amides is 1. The second kappa shape index (κ2) is 7.17. The highest BCUT2D eigenvalue weighted by atomic mass is 35.5. The van der Waals surface area contributed by atoms with Crippen molar-refractivity contribution in [1.82, 2.24) is 5.32 Å². The monoisotopic (exact) mass is 298 g/mol. The summed E-state index contributed by atoms with van der Waals surface area (Å²) >= 11 is 7.91. The van der Waals surface area contributed by atoms with Crippen LogP contribution in [0.1, 0.15) is 18.4 Å². The number of thioether (sulfide) groups is 1. The molecule has 3 nitrogen and oxygen atoms in total. The van der Waals surface area contributed by atoms with Gasteiger partial charge in [-0.15, -0.1) is 0 Å². The van der Waals surface area contributed by atoms with Crippen molar-refractivity contribution in [3.8, 4) is 0 Å². The Labute approximate surface area is 123 Å². The Hall–Kier alpha value is -0.710. The Bertz CT molecular complexity index is 447. The molecule has 5 heteroatoms. The molecule has 0 bridgehead atoms. The number of halogens is 1. The van der Waals surface area contributed by atoms with Gasteiger partial charge in [-0.1, -0.05) is 17.7 Å². The third kappa shape index (κ3) is 4.71. The SMILES string of the molecule is Cc1ccc(Cl)cc1NC(=O)CNCC1CCCS1. The highest BCUT2D eigenvalue weighted by Crippen LogP contribution is 2.25. The molecule has 1 aliphatic heterocycles. The molecule has 1 fully saturated rings. The minimum atomic E-state index is -0.0200. The van der Waals surface area contributed by atoms with Crippen LogP contribution in [0.15, 0.2) is 18.2 Å². The molecule has 2 rings (SSSR count). The van der Waals surface area contributed by atoms with Gasteiger partial charge in [0.25, 0.3) is 0 Å². The molecular formula is C14H19ClN2OS. The van der Waals surface area contributed by atoms with Crippen molar-refractivity contribution in [3.63, 3.8) is 0 Å². The van der Waals surface area contributed by atoms with Gasteiger partial charge in [0.2, 0.25) is 5.91 Å². The minimum Gasteiger partial charge on any atom is -0.325 e. The van der Waals surface area contributed by atoms with Gasteiger partial charge in [0.15, 0.2) is 0 Å². The molecular weight excluding hydrogens is 280 g/mol. The lowest BCUT2D eigenvalue weighted by molar-refractivity contribution is -0.115. The molecule has 1 amide bonds. The van der Waals surface area contributed by atoms with Crippen LogP contribution in [-0.4, -0.2) is 30.0 Å². The van der Waals surface area contributed by atoms with E-state index in [1.807, 2.05) is 30.8 Å². The smallest absolute Gasteiger partial charge is 0.238 e. The van der Waals surface area contributed by atoms with Crippen LogP contribution >= 0.6 is 23.4 Å². The van der Waals surface area contributed by atoms with Crippen molar-refractivity contribution in [3.05, 3.63) is 28.8 Å². The zero-order valence-corrected chi connectivity index (χ0v) is 12.6. The second-order valence-electron chi connectivity index (χ2n) is 4.77. The highest BCUT2D eigenvalue weighted by Gasteiger charge is 2.15. The van der Waals surface area contributed by atoms with E-state index >= 15 is 0 Å².